The minimum atomic E-state index is -0.373. The molecule has 0 aliphatic rings. The molecule has 0 aliphatic carbocycles. The van der Waals surface area contributed by atoms with Gasteiger partial charge in [0.1, 0.15) is 5.82 Å². The van der Waals surface area contributed by atoms with Crippen LogP contribution in [0.3, 0.4) is 0 Å². The molecule has 19 heavy (non-hydrogen) atoms. The average Bonchev–Trinajstić information content (AvgIpc) is 2.37. The van der Waals surface area contributed by atoms with Gasteiger partial charge in [-0.05, 0) is 24.1 Å². The van der Waals surface area contributed by atoms with Gasteiger partial charge in [0.2, 0.25) is 11.8 Å². The van der Waals surface area contributed by atoms with Gasteiger partial charge in [0.15, 0.2) is 0 Å². The molecule has 0 bridgehead atoms. The van der Waals surface area contributed by atoms with Crippen LogP contribution in [0.25, 0.3) is 0 Å². The molecular formula is C14H19FN2O2. The van der Waals surface area contributed by atoms with E-state index in [9.17, 15) is 14.0 Å². The molecule has 0 heterocycles. The largest absolute Gasteiger partial charge is 0.355 e. The molecule has 0 aromatic heterocycles. The summed E-state index contributed by atoms with van der Waals surface area (Å²) in [5.74, 6) is -0.875. The molecule has 0 radical (unpaired) electrons. The summed E-state index contributed by atoms with van der Waals surface area (Å²) in [6.07, 6.45) is 2.00. The third-order valence-electron chi connectivity index (χ3n) is 2.55. The first-order valence-electron chi connectivity index (χ1n) is 6.39. The Hall–Kier alpha value is -1.91. The quantitative estimate of drug-likeness (QED) is 0.733. The predicted molar refractivity (Wildman–Crippen MR) is 71.0 cm³/mol. The minimum absolute atomic E-state index is 0.0438. The Labute approximate surface area is 112 Å². The molecule has 0 spiro atoms. The number of carbonyl (C=O) groups excluding carboxylic acids is 2. The Morgan fingerprint density at radius 1 is 1.21 bits per heavy atom. The Bertz CT molecular complexity index is 435. The van der Waals surface area contributed by atoms with Crippen molar-refractivity contribution in [2.45, 2.75) is 26.2 Å². The van der Waals surface area contributed by atoms with Crippen LogP contribution in [-0.4, -0.2) is 24.9 Å². The highest BCUT2D eigenvalue weighted by molar-refractivity contribution is 5.85. The second kappa shape index (κ2) is 8.24. The van der Waals surface area contributed by atoms with E-state index in [1.807, 2.05) is 6.92 Å². The van der Waals surface area contributed by atoms with Crippen molar-refractivity contribution >= 4 is 11.8 Å². The maximum absolute atomic E-state index is 12.9. The van der Waals surface area contributed by atoms with Crippen LogP contribution in [0.1, 0.15) is 25.3 Å². The summed E-state index contributed by atoms with van der Waals surface area (Å²) in [6, 6.07) is 5.85. The fourth-order valence-corrected chi connectivity index (χ4v) is 1.54. The molecule has 2 N–H and O–H groups in total. The summed E-state index contributed by atoms with van der Waals surface area (Å²) in [5.41, 5.74) is 0.587. The van der Waals surface area contributed by atoms with Crippen LogP contribution in [0.15, 0.2) is 24.3 Å². The van der Waals surface area contributed by atoms with Gasteiger partial charge in [-0.25, -0.2) is 4.39 Å². The van der Waals surface area contributed by atoms with Crippen LogP contribution >= 0.6 is 0 Å². The van der Waals surface area contributed by atoms with Crippen molar-refractivity contribution < 1.29 is 14.0 Å². The maximum Gasteiger partial charge on any atom is 0.239 e. The highest BCUT2D eigenvalue weighted by Gasteiger charge is 2.06. The highest BCUT2D eigenvalue weighted by Crippen LogP contribution is 2.03. The lowest BCUT2D eigenvalue weighted by Gasteiger charge is -2.06. The van der Waals surface area contributed by atoms with Crippen LogP contribution in [-0.2, 0) is 16.0 Å². The van der Waals surface area contributed by atoms with Gasteiger partial charge in [-0.1, -0.05) is 25.5 Å². The van der Waals surface area contributed by atoms with Gasteiger partial charge in [-0.15, -0.1) is 0 Å². The molecule has 1 aromatic carbocycles. The second-order valence-corrected chi connectivity index (χ2v) is 4.29. The SMILES string of the molecule is CCCCNC(=O)CNC(=O)Cc1cccc(F)c1. The van der Waals surface area contributed by atoms with Crippen molar-refractivity contribution in [1.29, 1.82) is 0 Å². The molecule has 0 atom stereocenters. The third kappa shape index (κ3) is 6.55. The van der Waals surface area contributed by atoms with Crippen LogP contribution in [0.2, 0.25) is 0 Å². The topological polar surface area (TPSA) is 58.2 Å². The molecule has 0 saturated carbocycles. The van der Waals surface area contributed by atoms with Crippen molar-refractivity contribution in [3.05, 3.63) is 35.6 Å². The molecule has 0 saturated heterocycles. The van der Waals surface area contributed by atoms with E-state index in [-0.39, 0.29) is 30.6 Å². The van der Waals surface area contributed by atoms with Gasteiger partial charge in [-0.3, -0.25) is 9.59 Å². The second-order valence-electron chi connectivity index (χ2n) is 4.29. The van der Waals surface area contributed by atoms with Gasteiger partial charge in [-0.2, -0.15) is 0 Å². The van der Waals surface area contributed by atoms with E-state index >= 15 is 0 Å². The normalized spacial score (nSPS) is 10.0. The number of benzene rings is 1. The van der Waals surface area contributed by atoms with Crippen molar-refractivity contribution in [2.24, 2.45) is 0 Å². The van der Waals surface area contributed by atoms with E-state index in [1.165, 1.54) is 12.1 Å². The van der Waals surface area contributed by atoms with Gasteiger partial charge >= 0.3 is 0 Å². The average molecular weight is 266 g/mol. The number of rotatable bonds is 7. The van der Waals surface area contributed by atoms with Gasteiger partial charge in [0, 0.05) is 6.54 Å². The number of hydrogen-bond acceptors (Lipinski definition) is 2. The summed E-state index contributed by atoms with van der Waals surface area (Å²) in [6.45, 7) is 2.61. The molecule has 0 fully saturated rings. The first-order valence-corrected chi connectivity index (χ1v) is 6.39. The minimum Gasteiger partial charge on any atom is -0.355 e. The summed E-state index contributed by atoms with van der Waals surface area (Å²) < 4.78 is 12.9. The number of amides is 2. The molecule has 0 aliphatic heterocycles. The van der Waals surface area contributed by atoms with E-state index in [0.29, 0.717) is 12.1 Å². The van der Waals surface area contributed by atoms with E-state index < -0.39 is 0 Å². The summed E-state index contributed by atoms with van der Waals surface area (Å²) >= 11 is 0. The van der Waals surface area contributed by atoms with E-state index in [2.05, 4.69) is 10.6 Å². The number of hydrogen-bond donors (Lipinski definition) is 2. The fraction of sp³-hybridized carbons (Fsp3) is 0.429. The smallest absolute Gasteiger partial charge is 0.239 e. The maximum atomic E-state index is 12.9. The fourth-order valence-electron chi connectivity index (χ4n) is 1.54. The molecule has 0 unspecified atom stereocenters. The van der Waals surface area contributed by atoms with Gasteiger partial charge in [0.05, 0.1) is 13.0 Å². The zero-order valence-electron chi connectivity index (χ0n) is 11.0. The van der Waals surface area contributed by atoms with Crippen LogP contribution in [0.4, 0.5) is 4.39 Å². The number of carbonyl (C=O) groups is 2. The van der Waals surface area contributed by atoms with Crippen molar-refractivity contribution in [3.63, 3.8) is 0 Å². The summed E-state index contributed by atoms with van der Waals surface area (Å²) in [7, 11) is 0. The lowest BCUT2D eigenvalue weighted by atomic mass is 10.1. The molecule has 104 valence electrons. The first-order chi connectivity index (χ1) is 9.11. The summed E-state index contributed by atoms with van der Waals surface area (Å²) in [5, 5.41) is 5.20. The molecule has 1 rings (SSSR count). The lowest BCUT2D eigenvalue weighted by Crippen LogP contribution is -2.37. The number of unbranched alkanes of at least 4 members (excludes halogenated alkanes) is 1. The van der Waals surface area contributed by atoms with Crippen LogP contribution in [0, 0.1) is 5.82 Å². The van der Waals surface area contributed by atoms with Gasteiger partial charge in [0.25, 0.3) is 0 Å². The number of halogens is 1. The Kier molecular flexibility index (Phi) is 6.57. The zero-order valence-corrected chi connectivity index (χ0v) is 11.0. The van der Waals surface area contributed by atoms with Crippen molar-refractivity contribution in [1.82, 2.24) is 10.6 Å². The lowest BCUT2D eigenvalue weighted by molar-refractivity contribution is -0.125. The molecule has 1 aromatic rings. The van der Waals surface area contributed by atoms with Crippen LogP contribution in [0.5, 0.6) is 0 Å². The standard InChI is InChI=1S/C14H19FN2O2/c1-2-3-7-16-14(19)10-17-13(18)9-11-5-4-6-12(15)8-11/h4-6,8H,2-3,7,9-10H2,1H3,(H,16,19)(H,17,18). The Morgan fingerprint density at radius 2 is 2.00 bits per heavy atom. The molecule has 2 amide bonds. The highest BCUT2D eigenvalue weighted by atomic mass is 19.1. The van der Waals surface area contributed by atoms with Crippen molar-refractivity contribution in [2.75, 3.05) is 13.1 Å². The number of nitrogens with one attached hydrogen (secondary N) is 2. The summed E-state index contributed by atoms with van der Waals surface area (Å²) in [4.78, 5) is 22.9. The molecule has 4 nitrogen and oxygen atoms in total. The Morgan fingerprint density at radius 3 is 2.68 bits per heavy atom. The molecule has 5 heteroatoms. The monoisotopic (exact) mass is 266 g/mol. The van der Waals surface area contributed by atoms with E-state index in [1.54, 1.807) is 12.1 Å². The molecular weight excluding hydrogens is 247 g/mol. The Balaban J connectivity index is 2.26. The van der Waals surface area contributed by atoms with Crippen molar-refractivity contribution in [3.8, 4) is 0 Å². The van der Waals surface area contributed by atoms with Gasteiger partial charge < -0.3 is 10.6 Å². The first kappa shape index (κ1) is 15.1. The zero-order chi connectivity index (χ0) is 14.1. The van der Waals surface area contributed by atoms with E-state index in [0.717, 1.165) is 12.8 Å². The third-order valence-corrected chi connectivity index (χ3v) is 2.55. The van der Waals surface area contributed by atoms with E-state index in [4.69, 9.17) is 0 Å². The van der Waals surface area contributed by atoms with Crippen LogP contribution < -0.4 is 10.6 Å². The predicted octanol–water partition coefficient (Wildman–Crippen LogP) is 1.40.